The molecule has 0 aromatic rings. The predicted octanol–water partition coefficient (Wildman–Crippen LogP) is 7.76. The molecule has 1 atom stereocenters. The smallest absolute Gasteiger partial charge is 0.0391 e. The molecule has 0 heteroatoms. The van der Waals surface area contributed by atoms with E-state index < -0.39 is 0 Å². The van der Waals surface area contributed by atoms with Crippen LogP contribution in [0, 0.1) is 11.8 Å². The second-order valence-corrected chi connectivity index (χ2v) is 7.12. The molecule has 20 heavy (non-hydrogen) atoms. The van der Waals surface area contributed by atoms with Crippen molar-refractivity contribution in [2.75, 3.05) is 0 Å². The fraction of sp³-hybridized carbons (Fsp3) is 1.00. The first kappa shape index (κ1) is 20.0. The van der Waals surface area contributed by atoms with E-state index in [1.54, 1.807) is 0 Å². The van der Waals surface area contributed by atoms with Crippen LogP contribution in [0.4, 0.5) is 0 Å². The molecule has 0 aliphatic rings. The van der Waals surface area contributed by atoms with Crippen molar-refractivity contribution >= 4 is 0 Å². The quantitative estimate of drug-likeness (QED) is 0.269. The number of hydrogen-bond acceptors (Lipinski definition) is 0. The van der Waals surface area contributed by atoms with Crippen molar-refractivity contribution in [2.45, 2.75) is 118 Å². The number of unbranched alkanes of at least 4 members (excludes halogenated alkanes) is 10. The fourth-order valence-electron chi connectivity index (χ4n) is 3.18. The minimum absolute atomic E-state index is 0.890. The Kier molecular flexibility index (Phi) is 15.4. The Hall–Kier alpha value is 0. The average Bonchev–Trinajstić information content (AvgIpc) is 2.43. The second-order valence-electron chi connectivity index (χ2n) is 7.12. The first-order valence-corrected chi connectivity index (χ1v) is 9.72. The van der Waals surface area contributed by atoms with Gasteiger partial charge in [-0.25, -0.2) is 0 Å². The van der Waals surface area contributed by atoms with Crippen LogP contribution < -0.4 is 0 Å². The van der Waals surface area contributed by atoms with Crippen LogP contribution in [0.5, 0.6) is 0 Å². The maximum atomic E-state index is 2.43. The lowest BCUT2D eigenvalue weighted by Crippen LogP contribution is -2.08. The fourth-order valence-corrected chi connectivity index (χ4v) is 3.18. The topological polar surface area (TPSA) is 0 Å². The number of hydrogen-bond donors (Lipinski definition) is 0. The van der Waals surface area contributed by atoms with Gasteiger partial charge >= 0.3 is 0 Å². The zero-order chi connectivity index (χ0) is 15.1. The molecule has 0 N–H and O–H groups in total. The van der Waals surface area contributed by atoms with Crippen molar-refractivity contribution < 1.29 is 0 Å². The molecular weight excluding hydrogens is 240 g/mol. The molecule has 0 saturated heterocycles. The predicted molar refractivity (Wildman–Crippen MR) is 94.3 cm³/mol. The van der Waals surface area contributed by atoms with E-state index in [-0.39, 0.29) is 0 Å². The van der Waals surface area contributed by atoms with E-state index in [0.717, 1.165) is 11.8 Å². The summed E-state index contributed by atoms with van der Waals surface area (Å²) < 4.78 is 0. The van der Waals surface area contributed by atoms with Crippen molar-refractivity contribution in [1.29, 1.82) is 0 Å². The lowest BCUT2D eigenvalue weighted by atomic mass is 9.85. The van der Waals surface area contributed by atoms with Crippen LogP contribution in [0.3, 0.4) is 0 Å². The van der Waals surface area contributed by atoms with E-state index in [0.29, 0.717) is 0 Å². The van der Waals surface area contributed by atoms with Gasteiger partial charge < -0.3 is 0 Å². The SMILES string of the molecule is CCCCCCCCCC(CCCCCCC)C(C)C. The van der Waals surface area contributed by atoms with Gasteiger partial charge in [-0.2, -0.15) is 0 Å². The summed E-state index contributed by atoms with van der Waals surface area (Å²) in [5, 5.41) is 0. The maximum absolute atomic E-state index is 2.43. The van der Waals surface area contributed by atoms with Crippen LogP contribution in [0.2, 0.25) is 0 Å². The van der Waals surface area contributed by atoms with Gasteiger partial charge in [0.15, 0.2) is 0 Å². The third-order valence-corrected chi connectivity index (χ3v) is 4.80. The third-order valence-electron chi connectivity index (χ3n) is 4.80. The zero-order valence-electron chi connectivity index (χ0n) is 15.1. The summed E-state index contributed by atoms with van der Waals surface area (Å²) in [4.78, 5) is 0. The summed E-state index contributed by atoms with van der Waals surface area (Å²) in [6.45, 7) is 9.46. The van der Waals surface area contributed by atoms with E-state index >= 15 is 0 Å². The molecule has 0 aliphatic carbocycles. The highest BCUT2D eigenvalue weighted by Gasteiger charge is 2.12. The largest absolute Gasteiger partial charge is 0.0654 e. The Morgan fingerprint density at radius 2 is 0.850 bits per heavy atom. The van der Waals surface area contributed by atoms with Gasteiger partial charge in [0.25, 0.3) is 0 Å². The van der Waals surface area contributed by atoms with E-state index in [4.69, 9.17) is 0 Å². The highest BCUT2D eigenvalue weighted by molar-refractivity contribution is 4.64. The lowest BCUT2D eigenvalue weighted by Gasteiger charge is -2.20. The van der Waals surface area contributed by atoms with Gasteiger partial charge in [-0.15, -0.1) is 0 Å². The average molecular weight is 283 g/mol. The Morgan fingerprint density at radius 3 is 1.20 bits per heavy atom. The van der Waals surface area contributed by atoms with Crippen molar-refractivity contribution in [1.82, 2.24) is 0 Å². The lowest BCUT2D eigenvalue weighted by molar-refractivity contribution is 0.313. The molecule has 0 bridgehead atoms. The first-order chi connectivity index (χ1) is 9.72. The second kappa shape index (κ2) is 15.4. The van der Waals surface area contributed by atoms with Crippen molar-refractivity contribution in [3.05, 3.63) is 0 Å². The van der Waals surface area contributed by atoms with Crippen LogP contribution in [-0.4, -0.2) is 0 Å². The Bertz CT molecular complexity index is 171. The molecule has 0 rings (SSSR count). The molecule has 0 saturated carbocycles. The third kappa shape index (κ3) is 13.0. The van der Waals surface area contributed by atoms with Gasteiger partial charge in [-0.05, 0) is 11.8 Å². The molecule has 0 amide bonds. The minimum atomic E-state index is 0.890. The molecule has 1 unspecified atom stereocenters. The standard InChI is InChI=1S/C20H42/c1-5-7-9-11-12-14-16-18-20(19(3)4)17-15-13-10-8-6-2/h19-20H,5-18H2,1-4H3. The summed E-state index contributed by atoms with van der Waals surface area (Å²) in [6.07, 6.45) is 20.3. The molecule has 0 aromatic carbocycles. The van der Waals surface area contributed by atoms with E-state index in [1.807, 2.05) is 0 Å². The summed E-state index contributed by atoms with van der Waals surface area (Å²) in [5.41, 5.74) is 0. The van der Waals surface area contributed by atoms with Crippen LogP contribution in [-0.2, 0) is 0 Å². The molecular formula is C20H42. The Morgan fingerprint density at radius 1 is 0.500 bits per heavy atom. The highest BCUT2D eigenvalue weighted by Crippen LogP contribution is 2.25. The Labute approximate surface area is 130 Å². The summed E-state index contributed by atoms with van der Waals surface area (Å²) in [5.74, 6) is 1.88. The van der Waals surface area contributed by atoms with Gasteiger partial charge in [0.1, 0.15) is 0 Å². The first-order valence-electron chi connectivity index (χ1n) is 9.72. The molecule has 0 heterocycles. The number of rotatable bonds is 15. The highest BCUT2D eigenvalue weighted by atomic mass is 14.2. The molecule has 0 fully saturated rings. The van der Waals surface area contributed by atoms with Crippen molar-refractivity contribution in [2.24, 2.45) is 11.8 Å². The van der Waals surface area contributed by atoms with Crippen molar-refractivity contribution in [3.8, 4) is 0 Å². The molecule has 0 aliphatic heterocycles. The minimum Gasteiger partial charge on any atom is -0.0654 e. The van der Waals surface area contributed by atoms with E-state index in [9.17, 15) is 0 Å². The van der Waals surface area contributed by atoms with Crippen LogP contribution >= 0.6 is 0 Å². The van der Waals surface area contributed by atoms with Gasteiger partial charge in [0.2, 0.25) is 0 Å². The van der Waals surface area contributed by atoms with Gasteiger partial charge in [0, 0.05) is 0 Å². The summed E-state index contributed by atoms with van der Waals surface area (Å²) in [6, 6.07) is 0. The van der Waals surface area contributed by atoms with Crippen LogP contribution in [0.15, 0.2) is 0 Å². The Balaban J connectivity index is 3.50. The summed E-state index contributed by atoms with van der Waals surface area (Å²) in [7, 11) is 0. The maximum Gasteiger partial charge on any atom is -0.0391 e. The summed E-state index contributed by atoms with van der Waals surface area (Å²) >= 11 is 0. The van der Waals surface area contributed by atoms with Gasteiger partial charge in [-0.1, -0.05) is 118 Å². The molecule has 0 nitrogen and oxygen atoms in total. The molecule has 122 valence electrons. The van der Waals surface area contributed by atoms with Crippen LogP contribution in [0.25, 0.3) is 0 Å². The normalized spacial score (nSPS) is 13.1. The van der Waals surface area contributed by atoms with Crippen LogP contribution in [0.1, 0.15) is 118 Å². The molecule has 0 radical (unpaired) electrons. The molecule has 0 spiro atoms. The molecule has 0 aromatic heterocycles. The van der Waals surface area contributed by atoms with Crippen molar-refractivity contribution in [3.63, 3.8) is 0 Å². The van der Waals surface area contributed by atoms with Gasteiger partial charge in [0.05, 0.1) is 0 Å². The van der Waals surface area contributed by atoms with E-state index in [2.05, 4.69) is 27.7 Å². The monoisotopic (exact) mass is 282 g/mol. The van der Waals surface area contributed by atoms with Gasteiger partial charge in [-0.3, -0.25) is 0 Å². The van der Waals surface area contributed by atoms with E-state index in [1.165, 1.54) is 89.9 Å². The zero-order valence-corrected chi connectivity index (χ0v) is 15.1.